The van der Waals surface area contributed by atoms with Gasteiger partial charge < -0.3 is 10.1 Å². The van der Waals surface area contributed by atoms with Crippen molar-refractivity contribution >= 4 is 11.6 Å². The lowest BCUT2D eigenvalue weighted by atomic mass is 9.87. The van der Waals surface area contributed by atoms with E-state index in [1.165, 1.54) is 0 Å². The Hall–Kier alpha value is -2.02. The van der Waals surface area contributed by atoms with Gasteiger partial charge in [0, 0.05) is 12.3 Å². The Morgan fingerprint density at radius 2 is 2.33 bits per heavy atom. The maximum atomic E-state index is 12.0. The second-order valence-corrected chi connectivity index (χ2v) is 4.53. The molecule has 0 saturated carbocycles. The van der Waals surface area contributed by atoms with Crippen LogP contribution in [0.1, 0.15) is 24.0 Å². The maximum absolute atomic E-state index is 12.0. The van der Waals surface area contributed by atoms with Crippen molar-refractivity contribution < 1.29 is 9.53 Å². The monoisotopic (exact) mass is 244 g/mol. The highest BCUT2D eigenvalue weighted by Crippen LogP contribution is 2.37. The molecular weight excluding hydrogens is 228 g/mol. The number of nitrogens with one attached hydrogen (secondary N) is 1. The zero-order valence-corrected chi connectivity index (χ0v) is 10.6. The van der Waals surface area contributed by atoms with E-state index >= 15 is 0 Å². The number of anilines is 1. The van der Waals surface area contributed by atoms with E-state index in [-0.39, 0.29) is 11.8 Å². The number of benzene rings is 1. The second kappa shape index (κ2) is 5.09. The van der Waals surface area contributed by atoms with Gasteiger partial charge in [-0.05, 0) is 37.0 Å². The van der Waals surface area contributed by atoms with Crippen LogP contribution in [0.15, 0.2) is 12.1 Å². The molecule has 0 aromatic heterocycles. The highest BCUT2D eigenvalue weighted by Gasteiger charge is 2.28. The van der Waals surface area contributed by atoms with E-state index in [0.29, 0.717) is 25.0 Å². The van der Waals surface area contributed by atoms with Gasteiger partial charge in [-0.3, -0.25) is 4.79 Å². The molecule has 4 heteroatoms. The van der Waals surface area contributed by atoms with Gasteiger partial charge in [0.1, 0.15) is 5.75 Å². The van der Waals surface area contributed by atoms with Crippen molar-refractivity contribution in [2.75, 3.05) is 12.4 Å². The molecule has 1 aromatic carbocycles. The van der Waals surface area contributed by atoms with Crippen LogP contribution in [-0.2, 0) is 11.2 Å². The largest absolute Gasteiger partial charge is 0.495 e. The Kier molecular flexibility index (Phi) is 3.52. The lowest BCUT2D eigenvalue weighted by Gasteiger charge is -2.27. The van der Waals surface area contributed by atoms with Crippen molar-refractivity contribution in [3.8, 4) is 11.8 Å². The van der Waals surface area contributed by atoms with Gasteiger partial charge in [0.05, 0.1) is 18.9 Å². The van der Waals surface area contributed by atoms with Crippen LogP contribution >= 0.6 is 0 Å². The van der Waals surface area contributed by atoms with Crippen molar-refractivity contribution in [1.29, 1.82) is 5.26 Å². The Balaban J connectivity index is 2.33. The molecule has 1 aliphatic heterocycles. The quantitative estimate of drug-likeness (QED) is 0.888. The van der Waals surface area contributed by atoms with Crippen molar-refractivity contribution in [2.24, 2.45) is 5.92 Å². The third-order valence-corrected chi connectivity index (χ3v) is 3.40. The van der Waals surface area contributed by atoms with E-state index in [1.807, 2.05) is 19.1 Å². The lowest BCUT2D eigenvalue weighted by Crippen LogP contribution is -2.30. The number of rotatable bonds is 3. The number of hydrogen-bond donors (Lipinski definition) is 1. The molecule has 4 nitrogen and oxygen atoms in total. The first-order valence-corrected chi connectivity index (χ1v) is 6.01. The van der Waals surface area contributed by atoms with Crippen molar-refractivity contribution in [3.05, 3.63) is 23.3 Å². The van der Waals surface area contributed by atoms with Gasteiger partial charge >= 0.3 is 0 Å². The molecule has 1 amide bonds. The summed E-state index contributed by atoms with van der Waals surface area (Å²) < 4.78 is 5.27. The molecule has 94 valence electrons. The number of nitrogens with zero attached hydrogens (tertiary/aromatic N) is 1. The summed E-state index contributed by atoms with van der Waals surface area (Å²) in [7, 11) is 1.60. The molecule has 18 heavy (non-hydrogen) atoms. The van der Waals surface area contributed by atoms with Gasteiger partial charge in [-0.25, -0.2) is 0 Å². The predicted octanol–water partition coefficient (Wildman–Crippen LogP) is 2.42. The minimum absolute atomic E-state index is 0.0124. The lowest BCUT2D eigenvalue weighted by molar-refractivity contribution is -0.120. The fraction of sp³-hybridized carbons (Fsp3) is 0.429. The summed E-state index contributed by atoms with van der Waals surface area (Å²) in [6.07, 6.45) is 1.71. The SMILES string of the molecule is COc1ccc(C)c2c1NC(=O)C(CCC#N)C2. The molecular formula is C14H16N2O2. The molecule has 1 aromatic rings. The van der Waals surface area contributed by atoms with E-state index in [2.05, 4.69) is 11.4 Å². The van der Waals surface area contributed by atoms with Crippen LogP contribution in [0.25, 0.3) is 0 Å². The summed E-state index contributed by atoms with van der Waals surface area (Å²) in [5.74, 6) is 0.576. The van der Waals surface area contributed by atoms with E-state index in [9.17, 15) is 4.79 Å². The zero-order chi connectivity index (χ0) is 13.1. The van der Waals surface area contributed by atoms with Crippen LogP contribution in [0.4, 0.5) is 5.69 Å². The van der Waals surface area contributed by atoms with E-state index in [1.54, 1.807) is 7.11 Å². The minimum Gasteiger partial charge on any atom is -0.495 e. The number of hydrogen-bond acceptors (Lipinski definition) is 3. The van der Waals surface area contributed by atoms with E-state index < -0.39 is 0 Å². The third kappa shape index (κ3) is 2.17. The summed E-state index contributed by atoms with van der Waals surface area (Å²) in [5, 5.41) is 11.5. The summed E-state index contributed by atoms with van der Waals surface area (Å²) in [4.78, 5) is 12.0. The Bertz CT molecular complexity index is 517. The highest BCUT2D eigenvalue weighted by molar-refractivity contribution is 5.97. The normalized spacial score (nSPS) is 17.6. The van der Waals surface area contributed by atoms with Crippen molar-refractivity contribution in [1.82, 2.24) is 0 Å². The van der Waals surface area contributed by atoms with Gasteiger partial charge in [-0.15, -0.1) is 0 Å². The van der Waals surface area contributed by atoms with Crippen molar-refractivity contribution in [2.45, 2.75) is 26.2 Å². The summed E-state index contributed by atoms with van der Waals surface area (Å²) >= 11 is 0. The van der Waals surface area contributed by atoms with Crippen molar-refractivity contribution in [3.63, 3.8) is 0 Å². The van der Waals surface area contributed by atoms with E-state index in [0.717, 1.165) is 16.8 Å². The zero-order valence-electron chi connectivity index (χ0n) is 10.6. The molecule has 1 atom stereocenters. The molecule has 2 rings (SSSR count). The van der Waals surface area contributed by atoms with Crippen LogP contribution < -0.4 is 10.1 Å². The minimum atomic E-state index is -0.108. The molecule has 1 N–H and O–H groups in total. The third-order valence-electron chi connectivity index (χ3n) is 3.40. The Morgan fingerprint density at radius 3 is 3.00 bits per heavy atom. The van der Waals surface area contributed by atoms with Gasteiger partial charge in [-0.1, -0.05) is 6.07 Å². The number of amides is 1. The summed E-state index contributed by atoms with van der Waals surface area (Å²) in [6.45, 7) is 2.02. The molecule has 1 aliphatic rings. The number of methoxy groups -OCH3 is 1. The summed E-state index contributed by atoms with van der Waals surface area (Å²) in [5.41, 5.74) is 3.06. The number of ether oxygens (including phenoxy) is 1. The number of fused-ring (bicyclic) bond motifs is 1. The average molecular weight is 244 g/mol. The number of carbonyl (C=O) groups is 1. The summed E-state index contributed by atoms with van der Waals surface area (Å²) in [6, 6.07) is 5.95. The fourth-order valence-electron chi connectivity index (χ4n) is 2.34. The van der Waals surface area contributed by atoms with Gasteiger partial charge in [0.25, 0.3) is 0 Å². The van der Waals surface area contributed by atoms with Gasteiger partial charge in [0.15, 0.2) is 0 Å². The molecule has 1 heterocycles. The molecule has 0 saturated heterocycles. The maximum Gasteiger partial charge on any atom is 0.227 e. The number of aryl methyl sites for hydroxylation is 1. The van der Waals surface area contributed by atoms with E-state index in [4.69, 9.17) is 10.00 Å². The molecule has 0 aliphatic carbocycles. The number of nitriles is 1. The second-order valence-electron chi connectivity index (χ2n) is 4.53. The van der Waals surface area contributed by atoms with Crippen LogP contribution in [0, 0.1) is 24.2 Å². The Morgan fingerprint density at radius 1 is 1.56 bits per heavy atom. The van der Waals surface area contributed by atoms with Gasteiger partial charge in [0.2, 0.25) is 5.91 Å². The van der Waals surface area contributed by atoms with Crippen LogP contribution in [0.5, 0.6) is 5.75 Å². The van der Waals surface area contributed by atoms with Gasteiger partial charge in [-0.2, -0.15) is 5.26 Å². The molecule has 0 radical (unpaired) electrons. The molecule has 0 fully saturated rings. The van der Waals surface area contributed by atoms with Crippen LogP contribution in [-0.4, -0.2) is 13.0 Å². The first kappa shape index (κ1) is 12.4. The molecule has 0 spiro atoms. The first-order valence-electron chi connectivity index (χ1n) is 6.01. The topological polar surface area (TPSA) is 62.1 Å². The first-order chi connectivity index (χ1) is 8.67. The fourth-order valence-corrected chi connectivity index (χ4v) is 2.34. The van der Waals surface area contributed by atoms with Crippen LogP contribution in [0.2, 0.25) is 0 Å². The molecule has 1 unspecified atom stereocenters. The molecule has 0 bridgehead atoms. The smallest absolute Gasteiger partial charge is 0.227 e. The highest BCUT2D eigenvalue weighted by atomic mass is 16.5. The van der Waals surface area contributed by atoms with Crippen LogP contribution in [0.3, 0.4) is 0 Å². The Labute approximate surface area is 107 Å². The average Bonchev–Trinajstić information content (AvgIpc) is 2.37. The standard InChI is InChI=1S/C14H16N2O2/c1-9-5-6-12(18-2)13-11(9)8-10(4-3-7-15)14(17)16-13/h5-6,10H,3-4,8H2,1-2H3,(H,16,17). The number of carbonyl (C=O) groups excluding carboxylic acids is 1. The predicted molar refractivity (Wildman–Crippen MR) is 68.4 cm³/mol.